The number of nitrogens with zero attached hydrogens (tertiary/aromatic N) is 1. The van der Waals surface area contributed by atoms with E-state index in [1.807, 2.05) is 34.3 Å². The number of ether oxygens (including phenoxy) is 1. The highest BCUT2D eigenvalue weighted by atomic mass is 32.1. The number of benzene rings is 2. The van der Waals surface area contributed by atoms with Crippen LogP contribution in [0.5, 0.6) is 10.9 Å². The highest BCUT2D eigenvalue weighted by Crippen LogP contribution is 2.23. The molecular weight excluding hydrogens is 298 g/mol. The van der Waals surface area contributed by atoms with Gasteiger partial charge < -0.3 is 9.84 Å². The van der Waals surface area contributed by atoms with E-state index in [0.717, 1.165) is 0 Å². The van der Waals surface area contributed by atoms with Gasteiger partial charge in [0, 0.05) is 5.56 Å². The summed E-state index contributed by atoms with van der Waals surface area (Å²) in [7, 11) is 0. The minimum absolute atomic E-state index is 0.212. The molecule has 1 aromatic heterocycles. The lowest BCUT2D eigenvalue weighted by Gasteiger charge is -2.03. The molecule has 0 aliphatic heterocycles. The Hall–Kier alpha value is -2.66. The molecule has 0 amide bonds. The zero-order valence-corrected chi connectivity index (χ0v) is 12.5. The van der Waals surface area contributed by atoms with Gasteiger partial charge in [-0.05, 0) is 29.5 Å². The molecule has 3 rings (SSSR count). The minimum atomic E-state index is -0.964. The summed E-state index contributed by atoms with van der Waals surface area (Å²) < 4.78 is 7.82. The van der Waals surface area contributed by atoms with E-state index < -0.39 is 5.97 Å². The molecule has 0 spiro atoms. The lowest BCUT2D eigenvalue weighted by molar-refractivity contribution is -0.687. The zero-order chi connectivity index (χ0) is 15.4. The molecule has 3 aromatic rings. The molecule has 0 atom stereocenters. The van der Waals surface area contributed by atoms with Gasteiger partial charge in [-0.15, -0.1) is 0 Å². The molecule has 4 nitrogen and oxygen atoms in total. The maximum Gasteiger partial charge on any atom is 0.436 e. The van der Waals surface area contributed by atoms with Crippen LogP contribution in [0.3, 0.4) is 0 Å². The number of thiazole rings is 1. The molecule has 0 radical (unpaired) electrons. The average Bonchev–Trinajstić information content (AvgIpc) is 2.95. The number of carboxylic acid groups (broad SMARTS) is 1. The van der Waals surface area contributed by atoms with Gasteiger partial charge in [0.25, 0.3) is 0 Å². The third-order valence-corrected chi connectivity index (χ3v) is 3.90. The Morgan fingerprint density at radius 2 is 1.95 bits per heavy atom. The van der Waals surface area contributed by atoms with Crippen molar-refractivity contribution < 1.29 is 19.2 Å². The van der Waals surface area contributed by atoms with Crippen LogP contribution in [0, 0.1) is 0 Å². The van der Waals surface area contributed by atoms with Crippen molar-refractivity contribution in [1.82, 2.24) is 0 Å². The summed E-state index contributed by atoms with van der Waals surface area (Å²) in [6.07, 6.45) is 1.95. The molecule has 22 heavy (non-hydrogen) atoms. The van der Waals surface area contributed by atoms with Crippen molar-refractivity contribution in [3.8, 4) is 10.9 Å². The van der Waals surface area contributed by atoms with Crippen LogP contribution in [0.15, 0.2) is 66.2 Å². The normalized spacial score (nSPS) is 10.4. The van der Waals surface area contributed by atoms with E-state index in [1.54, 1.807) is 18.2 Å². The fourth-order valence-corrected chi connectivity index (χ4v) is 2.79. The predicted octanol–water partition coefficient (Wildman–Crippen LogP) is 3.57. The van der Waals surface area contributed by atoms with Gasteiger partial charge >= 0.3 is 11.2 Å². The first-order chi connectivity index (χ1) is 10.7. The van der Waals surface area contributed by atoms with Crippen molar-refractivity contribution in [2.24, 2.45) is 0 Å². The summed E-state index contributed by atoms with van der Waals surface area (Å²) >= 11 is 1.47. The lowest BCUT2D eigenvalue weighted by Crippen LogP contribution is -2.32. The van der Waals surface area contributed by atoms with Crippen molar-refractivity contribution >= 4 is 17.3 Å². The standard InChI is InChI=1S/C17H13NO3S/c19-16(20)14-7-4-8-15(11-14)21-17-18(9-10-22-17)12-13-5-2-1-3-6-13/h1-11H,12H2/p+1. The van der Waals surface area contributed by atoms with Crippen molar-refractivity contribution in [2.75, 3.05) is 0 Å². The highest BCUT2D eigenvalue weighted by Gasteiger charge is 2.16. The molecule has 1 heterocycles. The zero-order valence-electron chi connectivity index (χ0n) is 11.7. The van der Waals surface area contributed by atoms with E-state index in [1.165, 1.54) is 23.0 Å². The van der Waals surface area contributed by atoms with Crippen LogP contribution in [-0.4, -0.2) is 11.1 Å². The second-order valence-electron chi connectivity index (χ2n) is 4.72. The lowest BCUT2D eigenvalue weighted by atomic mass is 10.2. The number of hydrogen-bond donors (Lipinski definition) is 1. The van der Waals surface area contributed by atoms with E-state index in [-0.39, 0.29) is 5.56 Å². The van der Waals surface area contributed by atoms with Crippen LogP contribution in [-0.2, 0) is 6.54 Å². The molecule has 0 aliphatic carbocycles. The molecule has 2 aromatic carbocycles. The summed E-state index contributed by atoms with van der Waals surface area (Å²) in [5.74, 6) is -0.446. The fraction of sp³-hybridized carbons (Fsp3) is 0.0588. The number of carboxylic acids is 1. The average molecular weight is 312 g/mol. The van der Waals surface area contributed by atoms with Crippen molar-refractivity contribution in [2.45, 2.75) is 6.54 Å². The Morgan fingerprint density at radius 3 is 2.73 bits per heavy atom. The molecule has 5 heteroatoms. The first-order valence-electron chi connectivity index (χ1n) is 6.74. The van der Waals surface area contributed by atoms with Gasteiger partial charge in [-0.2, -0.15) is 4.57 Å². The van der Waals surface area contributed by atoms with Crippen LogP contribution in [0.2, 0.25) is 0 Å². The van der Waals surface area contributed by atoms with E-state index in [9.17, 15) is 4.79 Å². The van der Waals surface area contributed by atoms with Crippen LogP contribution in [0.25, 0.3) is 0 Å². The second kappa shape index (κ2) is 6.41. The van der Waals surface area contributed by atoms with Gasteiger partial charge in [0.2, 0.25) is 0 Å². The molecule has 0 aliphatic rings. The maximum atomic E-state index is 11.0. The number of carbonyl (C=O) groups is 1. The van der Waals surface area contributed by atoms with Gasteiger partial charge in [-0.3, -0.25) is 0 Å². The summed E-state index contributed by atoms with van der Waals surface area (Å²) in [6.45, 7) is 0.707. The van der Waals surface area contributed by atoms with Crippen LogP contribution < -0.4 is 9.30 Å². The number of aromatic nitrogens is 1. The van der Waals surface area contributed by atoms with Gasteiger partial charge in [0.1, 0.15) is 5.75 Å². The Morgan fingerprint density at radius 1 is 1.14 bits per heavy atom. The maximum absolute atomic E-state index is 11.0. The molecule has 110 valence electrons. The molecule has 0 saturated carbocycles. The van der Waals surface area contributed by atoms with Gasteiger partial charge in [0.05, 0.1) is 10.9 Å². The summed E-state index contributed by atoms with van der Waals surface area (Å²) in [5, 5.41) is 11.7. The number of rotatable bonds is 5. The third kappa shape index (κ3) is 3.32. The molecule has 0 saturated heterocycles. The van der Waals surface area contributed by atoms with Crippen molar-refractivity contribution in [3.05, 3.63) is 77.3 Å². The first-order valence-corrected chi connectivity index (χ1v) is 7.62. The van der Waals surface area contributed by atoms with Gasteiger partial charge in [-0.25, -0.2) is 4.79 Å². The molecule has 0 unspecified atom stereocenters. The van der Waals surface area contributed by atoms with Gasteiger partial charge in [-0.1, -0.05) is 36.4 Å². The Kier molecular flexibility index (Phi) is 4.16. The second-order valence-corrected chi connectivity index (χ2v) is 5.57. The fourth-order valence-electron chi connectivity index (χ4n) is 2.06. The summed E-state index contributed by atoms with van der Waals surface area (Å²) in [6, 6.07) is 16.6. The van der Waals surface area contributed by atoms with Crippen molar-refractivity contribution in [3.63, 3.8) is 0 Å². The Balaban J connectivity index is 1.80. The minimum Gasteiger partial charge on any atom is -0.478 e. The van der Waals surface area contributed by atoms with Gasteiger partial charge in [0.15, 0.2) is 12.7 Å². The SMILES string of the molecule is O=C(O)c1cccc(Oc2scc[n+]2Cc2ccccc2)c1. The topological polar surface area (TPSA) is 50.4 Å². The van der Waals surface area contributed by atoms with E-state index in [4.69, 9.17) is 9.84 Å². The Labute approximate surface area is 131 Å². The molecule has 0 fully saturated rings. The highest BCUT2D eigenvalue weighted by molar-refractivity contribution is 7.11. The largest absolute Gasteiger partial charge is 0.478 e. The van der Waals surface area contributed by atoms with Crippen LogP contribution in [0.1, 0.15) is 15.9 Å². The quantitative estimate of drug-likeness (QED) is 0.733. The molecule has 0 bridgehead atoms. The smallest absolute Gasteiger partial charge is 0.436 e. The van der Waals surface area contributed by atoms with Crippen LogP contribution >= 0.6 is 11.3 Å². The number of hydrogen-bond acceptors (Lipinski definition) is 3. The summed E-state index contributed by atoms with van der Waals surface area (Å²) in [4.78, 5) is 11.0. The van der Waals surface area contributed by atoms with E-state index in [0.29, 0.717) is 17.5 Å². The molecular formula is C17H14NO3S+. The van der Waals surface area contributed by atoms with E-state index >= 15 is 0 Å². The summed E-state index contributed by atoms with van der Waals surface area (Å²) in [5.41, 5.74) is 1.39. The van der Waals surface area contributed by atoms with Crippen LogP contribution in [0.4, 0.5) is 0 Å². The first kappa shape index (κ1) is 14.3. The third-order valence-electron chi connectivity index (χ3n) is 3.13. The molecule has 1 N–H and O–H groups in total. The monoisotopic (exact) mass is 312 g/mol. The number of aromatic carboxylic acids is 1. The van der Waals surface area contributed by atoms with Crippen molar-refractivity contribution in [1.29, 1.82) is 0 Å². The Bertz CT molecular complexity index is 783. The predicted molar refractivity (Wildman–Crippen MR) is 83.5 cm³/mol. The van der Waals surface area contributed by atoms with E-state index in [2.05, 4.69) is 12.1 Å².